The lowest BCUT2D eigenvalue weighted by molar-refractivity contribution is -0.155. The average Bonchev–Trinajstić information content (AvgIpc) is 2.06. The van der Waals surface area contributed by atoms with Gasteiger partial charge in [0.1, 0.15) is 9.84 Å². The number of carbonyl (C=O) groups is 1. The van der Waals surface area contributed by atoms with Crippen LogP contribution in [-0.4, -0.2) is 36.9 Å². The number of aliphatic carboxylic acids is 1. The number of rotatable bonds is 3. The van der Waals surface area contributed by atoms with E-state index >= 15 is 0 Å². The van der Waals surface area contributed by atoms with E-state index in [0.29, 0.717) is 6.92 Å². The van der Waals surface area contributed by atoms with E-state index < -0.39 is 33.6 Å². The zero-order valence-corrected chi connectivity index (χ0v) is 9.69. The number of halogens is 2. The Morgan fingerprint density at radius 3 is 2.12 bits per heavy atom. The third-order valence-electron chi connectivity index (χ3n) is 2.89. The predicted molar refractivity (Wildman–Crippen MR) is 53.2 cm³/mol. The minimum atomic E-state index is -3.25. The van der Waals surface area contributed by atoms with Gasteiger partial charge in [0, 0.05) is 6.42 Å². The summed E-state index contributed by atoms with van der Waals surface area (Å²) in [4.78, 5) is 11.0. The quantitative estimate of drug-likeness (QED) is 0.826. The van der Waals surface area contributed by atoms with Gasteiger partial charge in [-0.1, -0.05) is 0 Å². The van der Waals surface area contributed by atoms with Crippen LogP contribution in [0.15, 0.2) is 0 Å². The van der Waals surface area contributed by atoms with Crippen molar-refractivity contribution in [2.75, 3.05) is 11.5 Å². The summed E-state index contributed by atoms with van der Waals surface area (Å²) in [5.74, 6) is -5.08. The molecule has 1 aliphatic rings. The van der Waals surface area contributed by atoms with Crippen LogP contribution in [0.25, 0.3) is 0 Å². The molecule has 0 radical (unpaired) electrons. The third-order valence-corrected chi connectivity index (χ3v) is 4.54. The van der Waals surface area contributed by atoms with Crippen molar-refractivity contribution >= 4 is 15.8 Å². The molecule has 0 aromatic heterocycles. The second-order valence-electron chi connectivity index (χ2n) is 4.48. The number of sulfone groups is 1. The molecule has 1 heterocycles. The van der Waals surface area contributed by atoms with Crippen LogP contribution in [0.2, 0.25) is 0 Å². The first-order valence-electron chi connectivity index (χ1n) is 4.88. The first-order valence-corrected chi connectivity index (χ1v) is 6.70. The van der Waals surface area contributed by atoms with Crippen molar-refractivity contribution in [1.29, 1.82) is 0 Å². The van der Waals surface area contributed by atoms with Crippen LogP contribution in [-0.2, 0) is 14.6 Å². The number of carboxylic acid groups (broad SMARTS) is 1. The maximum atomic E-state index is 12.9. The van der Waals surface area contributed by atoms with Gasteiger partial charge in [-0.3, -0.25) is 4.79 Å². The zero-order chi connectivity index (χ0) is 12.6. The average molecular weight is 256 g/mol. The van der Waals surface area contributed by atoms with Crippen molar-refractivity contribution in [1.82, 2.24) is 0 Å². The Balaban J connectivity index is 2.89. The molecule has 0 saturated carbocycles. The number of alkyl halides is 2. The normalized spacial score (nSPS) is 23.9. The molecule has 1 rings (SSSR count). The minimum Gasteiger partial charge on any atom is -0.481 e. The molecule has 7 heteroatoms. The van der Waals surface area contributed by atoms with E-state index in [1.165, 1.54) is 0 Å². The second-order valence-corrected chi connectivity index (χ2v) is 6.79. The molecule has 0 aromatic carbocycles. The molecule has 94 valence electrons. The molecular formula is C9H14F2O4S. The Hall–Kier alpha value is -0.720. The van der Waals surface area contributed by atoms with E-state index in [1.54, 1.807) is 0 Å². The smallest absolute Gasteiger partial charge is 0.309 e. The van der Waals surface area contributed by atoms with Gasteiger partial charge in [-0.2, -0.15) is 0 Å². The lowest BCUT2D eigenvalue weighted by Gasteiger charge is -2.34. The van der Waals surface area contributed by atoms with E-state index in [9.17, 15) is 22.0 Å². The molecular weight excluding hydrogens is 242 g/mol. The second kappa shape index (κ2) is 3.94. The van der Waals surface area contributed by atoms with Crippen molar-refractivity contribution in [3.63, 3.8) is 0 Å². The van der Waals surface area contributed by atoms with Gasteiger partial charge < -0.3 is 5.11 Å². The van der Waals surface area contributed by atoms with Crippen LogP contribution < -0.4 is 0 Å². The highest BCUT2D eigenvalue weighted by Gasteiger charge is 2.48. The van der Waals surface area contributed by atoms with Gasteiger partial charge in [-0.25, -0.2) is 17.2 Å². The van der Waals surface area contributed by atoms with Crippen LogP contribution in [0, 0.1) is 5.41 Å². The van der Waals surface area contributed by atoms with Crippen LogP contribution in [0.3, 0.4) is 0 Å². The van der Waals surface area contributed by atoms with Crippen LogP contribution >= 0.6 is 0 Å². The molecule has 0 bridgehead atoms. The first-order chi connectivity index (χ1) is 7.06. The molecule has 1 N–H and O–H groups in total. The lowest BCUT2D eigenvalue weighted by atomic mass is 9.77. The van der Waals surface area contributed by atoms with Gasteiger partial charge in [0.15, 0.2) is 0 Å². The highest BCUT2D eigenvalue weighted by Crippen LogP contribution is 2.41. The highest BCUT2D eigenvalue weighted by molar-refractivity contribution is 7.91. The number of carboxylic acids is 1. The SMILES string of the molecule is CC(F)(F)CC1(C(=O)O)CCS(=O)(=O)CC1. The van der Waals surface area contributed by atoms with E-state index in [4.69, 9.17) is 5.11 Å². The summed E-state index contributed by atoms with van der Waals surface area (Å²) in [5.41, 5.74) is -1.59. The third kappa shape index (κ3) is 3.13. The first kappa shape index (κ1) is 13.3. The lowest BCUT2D eigenvalue weighted by Crippen LogP contribution is -2.43. The molecule has 0 amide bonds. The van der Waals surface area contributed by atoms with Gasteiger partial charge in [0.2, 0.25) is 5.92 Å². The summed E-state index contributed by atoms with van der Waals surface area (Å²) < 4.78 is 48.1. The van der Waals surface area contributed by atoms with Crippen LogP contribution in [0.4, 0.5) is 8.78 Å². The summed E-state index contributed by atoms with van der Waals surface area (Å²) in [6.45, 7) is 0.654. The van der Waals surface area contributed by atoms with Crippen molar-refractivity contribution < 1.29 is 27.1 Å². The van der Waals surface area contributed by atoms with E-state index in [0.717, 1.165) is 0 Å². The monoisotopic (exact) mass is 256 g/mol. The largest absolute Gasteiger partial charge is 0.481 e. The fourth-order valence-corrected chi connectivity index (χ4v) is 3.60. The van der Waals surface area contributed by atoms with Crippen molar-refractivity contribution in [3.05, 3.63) is 0 Å². The summed E-state index contributed by atoms with van der Waals surface area (Å²) in [6.07, 6.45) is -1.26. The summed E-state index contributed by atoms with van der Waals surface area (Å²) in [5, 5.41) is 8.99. The van der Waals surface area contributed by atoms with Crippen molar-refractivity contribution in [2.24, 2.45) is 5.41 Å². The van der Waals surface area contributed by atoms with Crippen molar-refractivity contribution in [2.45, 2.75) is 32.1 Å². The highest BCUT2D eigenvalue weighted by atomic mass is 32.2. The van der Waals surface area contributed by atoms with Crippen LogP contribution in [0.5, 0.6) is 0 Å². The molecule has 0 spiro atoms. The Morgan fingerprint density at radius 2 is 1.81 bits per heavy atom. The molecule has 4 nitrogen and oxygen atoms in total. The van der Waals surface area contributed by atoms with Gasteiger partial charge in [-0.05, 0) is 19.8 Å². The fraction of sp³-hybridized carbons (Fsp3) is 0.889. The Kier molecular flexibility index (Phi) is 3.29. The molecule has 0 atom stereocenters. The molecule has 0 unspecified atom stereocenters. The standard InChI is InChI=1S/C9H14F2O4S/c1-8(10,11)6-9(7(12)13)2-4-16(14,15)5-3-9/h2-6H2,1H3,(H,12,13). The van der Waals surface area contributed by atoms with E-state index in [2.05, 4.69) is 0 Å². The van der Waals surface area contributed by atoms with Crippen LogP contribution in [0.1, 0.15) is 26.2 Å². The summed E-state index contributed by atoms with van der Waals surface area (Å²) in [6, 6.07) is 0. The molecule has 1 aliphatic heterocycles. The van der Waals surface area contributed by atoms with Gasteiger partial charge >= 0.3 is 5.97 Å². The zero-order valence-electron chi connectivity index (χ0n) is 8.87. The summed E-state index contributed by atoms with van der Waals surface area (Å²) >= 11 is 0. The number of hydrogen-bond donors (Lipinski definition) is 1. The molecule has 1 fully saturated rings. The Morgan fingerprint density at radius 1 is 1.38 bits per heavy atom. The maximum Gasteiger partial charge on any atom is 0.309 e. The molecule has 1 saturated heterocycles. The Labute approximate surface area is 92.6 Å². The molecule has 0 aromatic rings. The molecule has 16 heavy (non-hydrogen) atoms. The van der Waals surface area contributed by atoms with E-state index in [1.807, 2.05) is 0 Å². The maximum absolute atomic E-state index is 12.9. The summed E-state index contributed by atoms with van der Waals surface area (Å²) in [7, 11) is -3.25. The predicted octanol–water partition coefficient (Wildman–Crippen LogP) is 1.31. The topological polar surface area (TPSA) is 71.4 Å². The number of hydrogen-bond acceptors (Lipinski definition) is 3. The fourth-order valence-electron chi connectivity index (χ4n) is 1.99. The van der Waals surface area contributed by atoms with Gasteiger partial charge in [-0.15, -0.1) is 0 Å². The van der Waals surface area contributed by atoms with Crippen molar-refractivity contribution in [3.8, 4) is 0 Å². The Bertz CT molecular complexity index is 369. The van der Waals surface area contributed by atoms with E-state index in [-0.39, 0.29) is 24.3 Å². The van der Waals surface area contributed by atoms with Gasteiger partial charge in [0.25, 0.3) is 0 Å². The van der Waals surface area contributed by atoms with Gasteiger partial charge in [0.05, 0.1) is 16.9 Å². The minimum absolute atomic E-state index is 0.228. The molecule has 0 aliphatic carbocycles.